The predicted octanol–water partition coefficient (Wildman–Crippen LogP) is 4.00. The van der Waals surface area contributed by atoms with Crippen LogP contribution in [0.4, 0.5) is 0 Å². The van der Waals surface area contributed by atoms with Crippen LogP contribution in [-0.2, 0) is 6.61 Å². The third-order valence-corrected chi connectivity index (χ3v) is 5.05. The van der Waals surface area contributed by atoms with Crippen molar-refractivity contribution in [3.8, 4) is 5.75 Å². The fourth-order valence-electron chi connectivity index (χ4n) is 1.97. The summed E-state index contributed by atoms with van der Waals surface area (Å²) in [6.45, 7) is 0.320. The number of amidine groups is 1. The Balaban J connectivity index is 1.69. The van der Waals surface area contributed by atoms with Crippen molar-refractivity contribution in [2.45, 2.75) is 6.61 Å². The predicted molar refractivity (Wildman–Crippen MR) is 98.0 cm³/mol. The molecule has 2 heterocycles. The van der Waals surface area contributed by atoms with Gasteiger partial charge < -0.3 is 15.3 Å². The number of oxime groups is 1. The molecule has 1 aromatic carbocycles. The summed E-state index contributed by atoms with van der Waals surface area (Å²) in [7, 11) is 0. The molecule has 0 saturated carbocycles. The zero-order valence-electron chi connectivity index (χ0n) is 12.7. The molecule has 3 aromatic rings. The molecule has 0 aliphatic rings. The molecular weight excluding hydrogens is 382 g/mol. The second-order valence-electron chi connectivity index (χ2n) is 4.78. The molecule has 2 aromatic heterocycles. The van der Waals surface area contributed by atoms with Gasteiger partial charge in [0.25, 0.3) is 5.91 Å². The molecule has 0 atom stereocenters. The van der Waals surface area contributed by atoms with Crippen LogP contribution in [-0.4, -0.2) is 21.9 Å². The number of halogens is 1. The summed E-state index contributed by atoms with van der Waals surface area (Å²) < 4.78 is 6.14. The fraction of sp³-hybridized carbons (Fsp3) is 0.0625. The van der Waals surface area contributed by atoms with Crippen molar-refractivity contribution in [3.05, 3.63) is 67.8 Å². The number of carbonyl (C=O) groups excluding carboxylic acids is 1. The monoisotopic (exact) mass is 393 g/mol. The van der Waals surface area contributed by atoms with Gasteiger partial charge in [0.1, 0.15) is 12.4 Å². The highest BCUT2D eigenvalue weighted by Gasteiger charge is 2.13. The Bertz CT molecular complexity index is 894. The van der Waals surface area contributed by atoms with Crippen LogP contribution >= 0.6 is 34.3 Å². The lowest BCUT2D eigenvalue weighted by molar-refractivity contribution is 0.0979. The van der Waals surface area contributed by atoms with Gasteiger partial charge in [0.2, 0.25) is 0 Å². The molecule has 0 aliphatic heterocycles. The number of nitrogens with zero attached hydrogens (tertiary/aromatic N) is 2. The summed E-state index contributed by atoms with van der Waals surface area (Å²) in [6.07, 6.45) is 1.65. The van der Waals surface area contributed by atoms with E-state index in [9.17, 15) is 10.0 Å². The molecule has 0 saturated heterocycles. The first-order valence-corrected chi connectivity index (χ1v) is 9.13. The zero-order chi connectivity index (χ0) is 17.6. The maximum absolute atomic E-state index is 12.1. The van der Waals surface area contributed by atoms with E-state index in [1.54, 1.807) is 48.0 Å². The first-order chi connectivity index (χ1) is 12.2. The lowest BCUT2D eigenvalue weighted by Crippen LogP contribution is -2.30. The molecule has 0 fully saturated rings. The number of ether oxygens (including phenoxy) is 1. The maximum atomic E-state index is 12.1. The fourth-order valence-corrected chi connectivity index (χ4v) is 3.48. The van der Waals surface area contributed by atoms with Crippen molar-refractivity contribution in [1.82, 2.24) is 10.3 Å². The van der Waals surface area contributed by atoms with E-state index in [2.05, 4.69) is 15.5 Å². The van der Waals surface area contributed by atoms with Gasteiger partial charge in [0.05, 0.1) is 9.75 Å². The second-order valence-corrected chi connectivity index (χ2v) is 7.42. The molecule has 0 unspecified atom stereocenters. The summed E-state index contributed by atoms with van der Waals surface area (Å²) in [5, 5.41) is 16.8. The summed E-state index contributed by atoms with van der Waals surface area (Å²) in [4.78, 5) is 17.5. The minimum absolute atomic E-state index is 0.0460. The van der Waals surface area contributed by atoms with Gasteiger partial charge in [0, 0.05) is 11.8 Å². The van der Waals surface area contributed by atoms with Gasteiger partial charge in [-0.1, -0.05) is 35.0 Å². The number of aromatic nitrogens is 1. The smallest absolute Gasteiger partial charge is 0.266 e. The number of carbonyl (C=O) groups is 1. The molecule has 6 nitrogen and oxygen atoms in total. The summed E-state index contributed by atoms with van der Waals surface area (Å²) in [5.74, 6) is 0.270. The normalized spacial score (nSPS) is 11.3. The minimum atomic E-state index is -0.339. The van der Waals surface area contributed by atoms with E-state index in [4.69, 9.17) is 16.3 Å². The van der Waals surface area contributed by atoms with Crippen LogP contribution in [0.25, 0.3) is 0 Å². The van der Waals surface area contributed by atoms with Gasteiger partial charge >= 0.3 is 0 Å². The molecule has 3 rings (SSSR count). The summed E-state index contributed by atoms with van der Waals surface area (Å²) >= 11 is 8.43. The van der Waals surface area contributed by atoms with E-state index >= 15 is 0 Å². The van der Waals surface area contributed by atoms with Crippen molar-refractivity contribution < 1.29 is 14.7 Å². The van der Waals surface area contributed by atoms with Crippen molar-refractivity contribution in [3.63, 3.8) is 0 Å². The SMILES string of the molecule is O=C(N/C(=N\O)c1cccc(OCc2cnc(Cl)s2)c1)c1cccs1. The Morgan fingerprint density at radius 1 is 1.36 bits per heavy atom. The number of thiazole rings is 1. The van der Waals surface area contributed by atoms with Crippen LogP contribution < -0.4 is 10.1 Å². The van der Waals surface area contributed by atoms with Crippen molar-refractivity contribution in [1.29, 1.82) is 0 Å². The number of thiophene rings is 1. The third kappa shape index (κ3) is 4.56. The molecule has 128 valence electrons. The zero-order valence-corrected chi connectivity index (χ0v) is 15.1. The van der Waals surface area contributed by atoms with E-state index in [1.165, 1.54) is 22.7 Å². The topological polar surface area (TPSA) is 83.8 Å². The molecule has 9 heteroatoms. The molecule has 0 spiro atoms. The van der Waals surface area contributed by atoms with Crippen molar-refractivity contribution in [2.75, 3.05) is 0 Å². The number of hydrogen-bond donors (Lipinski definition) is 2. The highest BCUT2D eigenvalue weighted by molar-refractivity contribution is 7.15. The summed E-state index contributed by atoms with van der Waals surface area (Å²) in [5.41, 5.74) is 0.521. The van der Waals surface area contributed by atoms with Crippen LogP contribution in [0.2, 0.25) is 4.47 Å². The quantitative estimate of drug-likeness (QED) is 0.297. The van der Waals surface area contributed by atoms with Crippen molar-refractivity contribution >= 4 is 46.0 Å². The number of benzene rings is 1. The first-order valence-electron chi connectivity index (χ1n) is 7.06. The molecule has 25 heavy (non-hydrogen) atoms. The van der Waals surface area contributed by atoms with E-state index in [0.29, 0.717) is 27.3 Å². The lowest BCUT2D eigenvalue weighted by Gasteiger charge is -2.09. The van der Waals surface area contributed by atoms with Crippen LogP contribution in [0.3, 0.4) is 0 Å². The van der Waals surface area contributed by atoms with Crippen LogP contribution in [0, 0.1) is 0 Å². The summed E-state index contributed by atoms with van der Waals surface area (Å²) in [6, 6.07) is 10.4. The minimum Gasteiger partial charge on any atom is -0.488 e. The average Bonchev–Trinajstić information content (AvgIpc) is 3.29. The van der Waals surface area contributed by atoms with E-state index in [0.717, 1.165) is 4.88 Å². The highest BCUT2D eigenvalue weighted by atomic mass is 35.5. The van der Waals surface area contributed by atoms with Crippen LogP contribution in [0.15, 0.2) is 53.1 Å². The van der Waals surface area contributed by atoms with E-state index < -0.39 is 0 Å². The molecular formula is C16H12ClN3O3S2. The number of nitrogens with one attached hydrogen (secondary N) is 1. The second kappa shape index (κ2) is 8.11. The standard InChI is InChI=1S/C16H12ClN3O3S2/c17-16-18-8-12(25-16)9-23-11-4-1-3-10(7-11)14(20-22)19-15(21)13-5-2-6-24-13/h1-8,22H,9H2,(H,19,20,21). The lowest BCUT2D eigenvalue weighted by atomic mass is 10.2. The van der Waals surface area contributed by atoms with Crippen LogP contribution in [0.1, 0.15) is 20.1 Å². The van der Waals surface area contributed by atoms with Crippen molar-refractivity contribution in [2.24, 2.45) is 5.16 Å². The Morgan fingerprint density at radius 2 is 2.24 bits per heavy atom. The number of amides is 1. The molecule has 2 N–H and O–H groups in total. The Hall–Kier alpha value is -2.42. The van der Waals surface area contributed by atoms with Gasteiger partial charge in [-0.05, 0) is 23.6 Å². The van der Waals surface area contributed by atoms with Gasteiger partial charge in [0.15, 0.2) is 10.3 Å². The van der Waals surface area contributed by atoms with E-state index in [-0.39, 0.29) is 11.7 Å². The average molecular weight is 394 g/mol. The molecule has 0 bridgehead atoms. The Morgan fingerprint density at radius 3 is 2.92 bits per heavy atom. The highest BCUT2D eigenvalue weighted by Crippen LogP contribution is 2.21. The van der Waals surface area contributed by atoms with Crippen LogP contribution in [0.5, 0.6) is 5.75 Å². The van der Waals surface area contributed by atoms with Gasteiger partial charge in [-0.25, -0.2) is 4.98 Å². The number of rotatable bonds is 5. The van der Waals surface area contributed by atoms with Gasteiger partial charge in [-0.15, -0.1) is 22.7 Å². The largest absolute Gasteiger partial charge is 0.488 e. The molecule has 0 radical (unpaired) electrons. The van der Waals surface area contributed by atoms with E-state index in [1.807, 2.05) is 0 Å². The molecule has 1 amide bonds. The maximum Gasteiger partial charge on any atom is 0.266 e. The van der Waals surface area contributed by atoms with Gasteiger partial charge in [-0.3, -0.25) is 4.79 Å². The number of hydrogen-bond acceptors (Lipinski definition) is 7. The molecule has 0 aliphatic carbocycles. The first kappa shape index (κ1) is 17.4. The Labute approximate surface area is 156 Å². The Kier molecular flexibility index (Phi) is 5.64. The van der Waals surface area contributed by atoms with Gasteiger partial charge in [-0.2, -0.15) is 0 Å². The third-order valence-electron chi connectivity index (χ3n) is 3.09.